The van der Waals surface area contributed by atoms with E-state index in [9.17, 15) is 4.79 Å². The number of ketones is 1. The molecule has 3 aromatic rings. The second-order valence-electron chi connectivity index (χ2n) is 8.44. The Morgan fingerprint density at radius 3 is 2.68 bits per heavy atom. The molecule has 2 aliphatic carbocycles. The van der Waals surface area contributed by atoms with Gasteiger partial charge in [-0.05, 0) is 70.3 Å². The highest BCUT2D eigenvalue weighted by molar-refractivity contribution is 5.86. The summed E-state index contributed by atoms with van der Waals surface area (Å²) in [6.07, 6.45) is 9.11. The molecule has 0 bridgehead atoms. The molecule has 3 nitrogen and oxygen atoms in total. The predicted octanol–water partition coefficient (Wildman–Crippen LogP) is 6.40. The molecule has 0 saturated heterocycles. The second-order valence-corrected chi connectivity index (χ2v) is 8.44. The Balaban J connectivity index is 0.000000157. The molecule has 3 aromatic carbocycles. The van der Waals surface area contributed by atoms with Crippen molar-refractivity contribution in [2.24, 2.45) is 4.99 Å². The first kappa shape index (κ1) is 19.5. The minimum absolute atomic E-state index is 0.381. The van der Waals surface area contributed by atoms with Crippen LogP contribution in [0.5, 0.6) is 0 Å². The molecule has 31 heavy (non-hydrogen) atoms. The van der Waals surface area contributed by atoms with E-state index < -0.39 is 0 Å². The standard InChI is InChI=1S/C19H18O.C9H8N2/c1-12-10-15(20)11-14-7-8-17-16-5-3-2-4-13(16)6-9-18(17)19(12)14;1-2-5-9-8(4-1)10-6-3-7-11-9/h2-5,7-8,12H,6,9-11H2,1H3;1-7,10H. The molecular weight excluding hydrogens is 380 g/mol. The number of rotatable bonds is 0. The van der Waals surface area contributed by atoms with Gasteiger partial charge in [-0.15, -0.1) is 0 Å². The summed E-state index contributed by atoms with van der Waals surface area (Å²) in [5, 5.41) is 3.12. The van der Waals surface area contributed by atoms with E-state index in [2.05, 4.69) is 53.6 Å². The number of Topliss-reactive ketones (excluding diaryl/α,β-unsaturated/α-hetero) is 1. The van der Waals surface area contributed by atoms with Gasteiger partial charge in [-0.2, -0.15) is 0 Å². The number of benzene rings is 3. The molecule has 0 fully saturated rings. The smallest absolute Gasteiger partial charge is 0.137 e. The predicted molar refractivity (Wildman–Crippen MR) is 128 cm³/mol. The van der Waals surface area contributed by atoms with Crippen LogP contribution in [-0.2, 0) is 24.1 Å². The molecule has 3 aliphatic rings. The molecule has 6 rings (SSSR count). The average Bonchev–Trinajstić information content (AvgIpc) is 3.04. The zero-order valence-electron chi connectivity index (χ0n) is 17.8. The van der Waals surface area contributed by atoms with E-state index in [1.54, 1.807) is 6.21 Å². The molecule has 0 amide bonds. The van der Waals surface area contributed by atoms with Crippen molar-refractivity contribution < 1.29 is 4.79 Å². The van der Waals surface area contributed by atoms with Gasteiger partial charge in [0, 0.05) is 25.3 Å². The van der Waals surface area contributed by atoms with Crippen LogP contribution in [0.4, 0.5) is 11.4 Å². The normalized spacial score (nSPS) is 17.7. The fourth-order valence-electron chi connectivity index (χ4n) is 5.00. The van der Waals surface area contributed by atoms with Crippen molar-refractivity contribution in [3.8, 4) is 11.1 Å². The molecule has 1 atom stereocenters. The average molecular weight is 407 g/mol. The minimum Gasteiger partial charge on any atom is -0.360 e. The topological polar surface area (TPSA) is 41.5 Å². The maximum atomic E-state index is 11.8. The third kappa shape index (κ3) is 3.84. The van der Waals surface area contributed by atoms with Crippen molar-refractivity contribution in [2.75, 3.05) is 5.32 Å². The highest BCUT2D eigenvalue weighted by atomic mass is 16.1. The summed E-state index contributed by atoms with van der Waals surface area (Å²) in [7, 11) is 0. The minimum atomic E-state index is 0.381. The number of hydrogen-bond donors (Lipinski definition) is 1. The zero-order valence-corrected chi connectivity index (χ0v) is 17.8. The SMILES string of the molecule is C1=CNc2ccccc2N=C1.CC1CC(=O)Cc2ccc3c(c21)CCc1ccccc1-3. The van der Waals surface area contributed by atoms with E-state index in [1.807, 2.05) is 36.5 Å². The number of carbonyl (C=O) groups is 1. The molecule has 0 radical (unpaired) electrons. The zero-order chi connectivity index (χ0) is 21.2. The quantitative estimate of drug-likeness (QED) is 0.469. The summed E-state index contributed by atoms with van der Waals surface area (Å²) in [5.41, 5.74) is 10.5. The van der Waals surface area contributed by atoms with Crippen molar-refractivity contribution in [1.29, 1.82) is 0 Å². The number of para-hydroxylation sites is 2. The number of aryl methyl sites for hydroxylation is 1. The van der Waals surface area contributed by atoms with Crippen molar-refractivity contribution in [2.45, 2.75) is 38.5 Å². The number of aliphatic imine (C=N–C) groups is 1. The number of carbonyl (C=O) groups excluding carboxylic acids is 1. The lowest BCUT2D eigenvalue weighted by Crippen LogP contribution is -2.20. The first-order valence-electron chi connectivity index (χ1n) is 11.0. The number of allylic oxidation sites excluding steroid dienone is 1. The van der Waals surface area contributed by atoms with Gasteiger partial charge in [-0.25, -0.2) is 0 Å². The van der Waals surface area contributed by atoms with Crippen molar-refractivity contribution in [1.82, 2.24) is 0 Å². The van der Waals surface area contributed by atoms with E-state index in [4.69, 9.17) is 0 Å². The van der Waals surface area contributed by atoms with E-state index in [0.29, 0.717) is 24.5 Å². The molecule has 1 N–H and O–H groups in total. The molecule has 0 aromatic heterocycles. The van der Waals surface area contributed by atoms with Crippen molar-refractivity contribution in [3.63, 3.8) is 0 Å². The molecule has 1 unspecified atom stereocenters. The number of anilines is 1. The lowest BCUT2D eigenvalue weighted by Gasteiger charge is -2.29. The van der Waals surface area contributed by atoms with Gasteiger partial charge in [0.05, 0.1) is 11.4 Å². The summed E-state index contributed by atoms with van der Waals surface area (Å²) in [6.45, 7) is 2.21. The van der Waals surface area contributed by atoms with Gasteiger partial charge >= 0.3 is 0 Å². The van der Waals surface area contributed by atoms with Gasteiger partial charge in [0.1, 0.15) is 5.78 Å². The first-order valence-corrected chi connectivity index (χ1v) is 11.0. The van der Waals surface area contributed by atoms with Crippen LogP contribution in [0.3, 0.4) is 0 Å². The van der Waals surface area contributed by atoms with Crippen LogP contribution in [0.25, 0.3) is 11.1 Å². The fraction of sp³-hybridized carbons (Fsp3) is 0.214. The maximum Gasteiger partial charge on any atom is 0.137 e. The van der Waals surface area contributed by atoms with Gasteiger partial charge in [0.25, 0.3) is 0 Å². The largest absolute Gasteiger partial charge is 0.360 e. The van der Waals surface area contributed by atoms with E-state index >= 15 is 0 Å². The molecule has 0 saturated carbocycles. The second kappa shape index (κ2) is 8.35. The first-order chi connectivity index (χ1) is 15.2. The molecule has 3 heteroatoms. The van der Waals surface area contributed by atoms with Crippen LogP contribution in [0.1, 0.15) is 41.5 Å². The summed E-state index contributed by atoms with van der Waals surface area (Å²) >= 11 is 0. The molecule has 154 valence electrons. The van der Waals surface area contributed by atoms with E-state index in [-0.39, 0.29) is 0 Å². The monoisotopic (exact) mass is 406 g/mol. The summed E-state index contributed by atoms with van der Waals surface area (Å²) < 4.78 is 0. The molecule has 1 heterocycles. The van der Waals surface area contributed by atoms with Crippen molar-refractivity contribution >= 4 is 23.4 Å². The Morgan fingerprint density at radius 1 is 0.903 bits per heavy atom. The fourth-order valence-corrected chi connectivity index (χ4v) is 5.00. The Bertz CT molecular complexity index is 1210. The molecule has 0 spiro atoms. The van der Waals surface area contributed by atoms with Gasteiger partial charge < -0.3 is 5.32 Å². The number of nitrogens with zero attached hydrogens (tertiary/aromatic N) is 1. The summed E-state index contributed by atoms with van der Waals surface area (Å²) in [6, 6.07) is 21.1. The number of nitrogens with one attached hydrogen (secondary N) is 1. The maximum absolute atomic E-state index is 11.8. The Morgan fingerprint density at radius 2 is 1.74 bits per heavy atom. The van der Waals surface area contributed by atoms with Crippen LogP contribution in [-0.4, -0.2) is 12.0 Å². The molecule has 1 aliphatic heterocycles. The number of hydrogen-bond acceptors (Lipinski definition) is 3. The summed E-state index contributed by atoms with van der Waals surface area (Å²) in [5.74, 6) is 0.771. The lowest BCUT2D eigenvalue weighted by atomic mass is 9.74. The highest BCUT2D eigenvalue weighted by Gasteiger charge is 2.28. The van der Waals surface area contributed by atoms with Gasteiger partial charge in [0.15, 0.2) is 0 Å². The third-order valence-corrected chi connectivity index (χ3v) is 6.35. The van der Waals surface area contributed by atoms with Gasteiger partial charge in [-0.3, -0.25) is 9.79 Å². The summed E-state index contributed by atoms with van der Waals surface area (Å²) in [4.78, 5) is 16.0. The van der Waals surface area contributed by atoms with Gasteiger partial charge in [-0.1, -0.05) is 55.5 Å². The van der Waals surface area contributed by atoms with Crippen LogP contribution < -0.4 is 5.32 Å². The molecular formula is C28H26N2O. The Labute approximate surface area is 183 Å². The Hall–Kier alpha value is -3.46. The van der Waals surface area contributed by atoms with E-state index in [0.717, 1.165) is 24.2 Å². The van der Waals surface area contributed by atoms with Crippen LogP contribution in [0.2, 0.25) is 0 Å². The van der Waals surface area contributed by atoms with Crippen LogP contribution in [0, 0.1) is 0 Å². The van der Waals surface area contributed by atoms with Crippen LogP contribution >= 0.6 is 0 Å². The third-order valence-electron chi connectivity index (χ3n) is 6.35. The van der Waals surface area contributed by atoms with E-state index in [1.165, 1.54) is 33.4 Å². The highest BCUT2D eigenvalue weighted by Crippen LogP contribution is 2.41. The lowest BCUT2D eigenvalue weighted by molar-refractivity contribution is -0.119. The van der Waals surface area contributed by atoms with Crippen LogP contribution in [0.15, 0.2) is 77.9 Å². The Kier molecular flexibility index (Phi) is 5.25. The van der Waals surface area contributed by atoms with Crippen molar-refractivity contribution in [3.05, 3.63) is 95.2 Å². The number of fused-ring (bicyclic) bond motifs is 6. The van der Waals surface area contributed by atoms with Gasteiger partial charge in [0.2, 0.25) is 0 Å².